The first kappa shape index (κ1) is 27.8. The second kappa shape index (κ2) is 9.62. The maximum absolute atomic E-state index is 7.27. The molecule has 0 saturated heterocycles. The Bertz CT molecular complexity index is 2840. The van der Waals surface area contributed by atoms with E-state index >= 15 is 0 Å². The molecule has 0 spiro atoms. The molecule has 6 heterocycles. The topological polar surface area (TPSA) is 43.4 Å². The van der Waals surface area contributed by atoms with Crippen LogP contribution in [0.1, 0.15) is 0 Å². The summed E-state index contributed by atoms with van der Waals surface area (Å²) in [6.07, 6.45) is 0. The molecule has 8 aromatic carbocycles. The van der Waals surface area contributed by atoms with Crippen molar-refractivity contribution in [3.05, 3.63) is 146 Å². The first-order chi connectivity index (χ1) is 26.8. The molecule has 252 valence electrons. The summed E-state index contributed by atoms with van der Waals surface area (Å²) in [6.45, 7) is 0. The molecule has 0 amide bonds. The lowest BCUT2D eigenvalue weighted by Gasteiger charge is -2.45. The Morgan fingerprint density at radius 1 is 0.333 bits per heavy atom. The molecule has 8 heteroatoms. The summed E-state index contributed by atoms with van der Waals surface area (Å²) in [5, 5.41) is 9.71. The van der Waals surface area contributed by atoms with E-state index in [0.717, 1.165) is 79.5 Å². The van der Waals surface area contributed by atoms with Crippen LogP contribution in [0.2, 0.25) is 0 Å². The highest BCUT2D eigenvalue weighted by Crippen LogP contribution is 2.53. The monoisotopic (exact) mass is 726 g/mol. The van der Waals surface area contributed by atoms with Crippen LogP contribution >= 0.6 is 0 Å². The van der Waals surface area contributed by atoms with E-state index in [0.29, 0.717) is 0 Å². The third kappa shape index (κ3) is 3.25. The lowest BCUT2D eigenvalue weighted by atomic mass is 10.0. The van der Waals surface area contributed by atoms with Crippen molar-refractivity contribution in [2.75, 3.05) is 9.80 Å². The molecule has 2 atom stereocenters. The fourth-order valence-electron chi connectivity index (χ4n) is 10.1. The number of para-hydroxylation sites is 2. The van der Waals surface area contributed by atoms with E-state index in [-0.39, 0.29) is 0 Å². The summed E-state index contributed by atoms with van der Waals surface area (Å²) in [6, 6.07) is 51.8. The molecule has 0 bridgehead atoms. The van der Waals surface area contributed by atoms with Gasteiger partial charge in [0.15, 0.2) is 17.6 Å². The van der Waals surface area contributed by atoms with E-state index in [1.165, 1.54) is 42.5 Å². The van der Waals surface area contributed by atoms with Crippen molar-refractivity contribution in [3.63, 3.8) is 0 Å². The highest BCUT2D eigenvalue weighted by molar-refractivity contribution is 7.02. The molecule has 6 nitrogen and oxygen atoms in total. The van der Waals surface area contributed by atoms with Gasteiger partial charge in [-0.1, -0.05) is 60.7 Å². The van der Waals surface area contributed by atoms with Gasteiger partial charge in [0.1, 0.15) is 46.0 Å². The number of rotatable bonds is 2. The second-order valence-corrected chi connectivity index (χ2v) is 19.9. The van der Waals surface area contributed by atoms with Crippen LogP contribution in [-0.2, 0) is 0 Å². The van der Waals surface area contributed by atoms with E-state index in [9.17, 15) is 0 Å². The van der Waals surface area contributed by atoms with Crippen LogP contribution in [-0.4, -0.2) is 17.6 Å². The Labute approximate surface area is 312 Å². The van der Waals surface area contributed by atoms with E-state index in [4.69, 9.17) is 18.9 Å². The quantitative estimate of drug-likeness (QED) is 0.174. The maximum Gasteiger partial charge on any atom is 0.157 e. The van der Waals surface area contributed by atoms with Gasteiger partial charge >= 0.3 is 0 Å². The van der Waals surface area contributed by atoms with Crippen LogP contribution in [0.15, 0.2) is 146 Å². The van der Waals surface area contributed by atoms with Crippen LogP contribution in [0.25, 0.3) is 10.8 Å². The van der Waals surface area contributed by atoms with Crippen LogP contribution in [0, 0.1) is 0 Å². The largest absolute Gasteiger partial charge is 0.457 e. The smallest absolute Gasteiger partial charge is 0.157 e. The molecule has 6 aliphatic heterocycles. The summed E-state index contributed by atoms with van der Waals surface area (Å²) in [7, 11) is -4.20. The lowest BCUT2D eigenvalue weighted by Crippen LogP contribution is -2.62. The zero-order chi connectivity index (χ0) is 34.8. The maximum atomic E-state index is 7.27. The van der Waals surface area contributed by atoms with Crippen molar-refractivity contribution >= 4 is 93.6 Å². The van der Waals surface area contributed by atoms with Gasteiger partial charge in [-0.25, -0.2) is 0 Å². The van der Waals surface area contributed by atoms with Gasteiger partial charge in [0, 0.05) is 53.9 Å². The molecule has 0 N–H and O–H groups in total. The fourth-order valence-corrected chi connectivity index (χ4v) is 17.5. The second-order valence-electron chi connectivity index (χ2n) is 14.7. The minimum absolute atomic E-state index is 0.883. The van der Waals surface area contributed by atoms with Gasteiger partial charge in [-0.05, 0) is 90.3 Å². The highest BCUT2D eigenvalue weighted by atomic mass is 28.3. The van der Waals surface area contributed by atoms with Crippen LogP contribution in [0.4, 0.5) is 34.1 Å². The Hall–Kier alpha value is -6.75. The predicted octanol–water partition coefficient (Wildman–Crippen LogP) is 7.33. The normalized spacial score (nSPS) is 17.4. The van der Waals surface area contributed by atoms with Crippen molar-refractivity contribution in [1.29, 1.82) is 0 Å². The molecule has 8 aromatic rings. The first-order valence-electron chi connectivity index (χ1n) is 18.4. The Morgan fingerprint density at radius 3 is 1.17 bits per heavy atom. The van der Waals surface area contributed by atoms with Gasteiger partial charge in [-0.15, -0.1) is 0 Å². The average molecular weight is 727 g/mol. The zero-order valence-electron chi connectivity index (χ0n) is 28.5. The predicted molar refractivity (Wildman–Crippen MR) is 219 cm³/mol. The Morgan fingerprint density at radius 2 is 0.722 bits per heavy atom. The summed E-state index contributed by atoms with van der Waals surface area (Å²) in [4.78, 5) is 4.84. The molecular formula is C46H26N2O4Si2. The van der Waals surface area contributed by atoms with Crippen LogP contribution in [0.5, 0.6) is 46.0 Å². The van der Waals surface area contributed by atoms with Crippen molar-refractivity contribution in [2.24, 2.45) is 0 Å². The van der Waals surface area contributed by atoms with Gasteiger partial charge < -0.3 is 28.7 Å². The van der Waals surface area contributed by atoms with Gasteiger partial charge in [-0.2, -0.15) is 0 Å². The molecule has 2 unspecified atom stereocenters. The Kier molecular flexibility index (Phi) is 4.96. The molecule has 14 rings (SSSR count). The van der Waals surface area contributed by atoms with Crippen molar-refractivity contribution < 1.29 is 18.9 Å². The van der Waals surface area contributed by atoms with Crippen molar-refractivity contribution in [1.82, 2.24) is 0 Å². The average Bonchev–Trinajstić information content (AvgIpc) is 3.21. The number of benzene rings is 8. The van der Waals surface area contributed by atoms with Gasteiger partial charge in [0.05, 0.1) is 16.8 Å². The molecule has 0 aromatic heterocycles. The molecule has 54 heavy (non-hydrogen) atoms. The van der Waals surface area contributed by atoms with Crippen LogP contribution in [0.3, 0.4) is 0 Å². The standard InChI is InChI=1S/C46H26N2O4Si2/c1-3-11-26(12-4-1)47-28-15-7-17-32-41(28)53-43-30(47)23-25-24-31-44-40(38(25)39(43)51-36-21-9-19-34(49-32)45(36)53)52-37-22-10-20-35-46(37)54(44)42-29(16-8-18-33(42)50-35)48(31)27-13-5-2-6-14-27/h1-24,53-54H. The van der Waals surface area contributed by atoms with E-state index < -0.39 is 17.6 Å². The van der Waals surface area contributed by atoms with Gasteiger partial charge in [-0.3, -0.25) is 0 Å². The number of fused-ring (bicyclic) bond motifs is 3. The number of nitrogens with zero attached hydrogens (tertiary/aromatic N) is 2. The van der Waals surface area contributed by atoms with E-state index in [2.05, 4.69) is 155 Å². The number of anilines is 6. The van der Waals surface area contributed by atoms with Crippen molar-refractivity contribution in [3.8, 4) is 46.0 Å². The first-order valence-corrected chi connectivity index (χ1v) is 21.9. The van der Waals surface area contributed by atoms with Crippen molar-refractivity contribution in [2.45, 2.75) is 0 Å². The Balaban J connectivity index is 1.16. The van der Waals surface area contributed by atoms with E-state index in [1.807, 2.05) is 0 Å². The zero-order valence-corrected chi connectivity index (χ0v) is 30.8. The number of hydrogen-bond acceptors (Lipinski definition) is 6. The summed E-state index contributed by atoms with van der Waals surface area (Å²) >= 11 is 0. The number of ether oxygens (including phenoxy) is 4. The molecule has 0 aliphatic carbocycles. The van der Waals surface area contributed by atoms with E-state index in [1.54, 1.807) is 0 Å². The molecular weight excluding hydrogens is 701 g/mol. The SMILES string of the molecule is c1ccc(N2c3cccc4c3[SiH]3c5c(cccc5Oc5c3c2cc2cc3c6c(c52)Oc2cccc5c2[SiH]6c2c(cccc2N3c2ccccc2)O5)O4)cc1. The third-order valence-electron chi connectivity index (χ3n) is 12.1. The molecule has 6 aliphatic rings. The molecule has 0 fully saturated rings. The third-order valence-corrected chi connectivity index (χ3v) is 19.0. The summed E-state index contributed by atoms with van der Waals surface area (Å²) in [5.74, 6) is 7.28. The van der Waals surface area contributed by atoms with Crippen LogP contribution < -0.4 is 59.9 Å². The van der Waals surface area contributed by atoms with Gasteiger partial charge in [0.25, 0.3) is 0 Å². The minimum atomic E-state index is -2.10. The van der Waals surface area contributed by atoms with Gasteiger partial charge in [0.2, 0.25) is 0 Å². The molecule has 0 radical (unpaired) electrons. The minimum Gasteiger partial charge on any atom is -0.457 e. The summed E-state index contributed by atoms with van der Waals surface area (Å²) < 4.78 is 27.9. The molecule has 0 saturated carbocycles. The fraction of sp³-hybridized carbons (Fsp3) is 0. The summed E-state index contributed by atoms with van der Waals surface area (Å²) in [5.41, 5.74) is 6.87. The highest BCUT2D eigenvalue weighted by Gasteiger charge is 2.50. The number of hydrogen-bond donors (Lipinski definition) is 0. The lowest BCUT2D eigenvalue weighted by molar-refractivity contribution is 0.459.